The van der Waals surface area contributed by atoms with E-state index in [2.05, 4.69) is 15.3 Å². The summed E-state index contributed by atoms with van der Waals surface area (Å²) in [5.41, 5.74) is 1.05. The molecule has 38 heavy (non-hydrogen) atoms. The van der Waals surface area contributed by atoms with Gasteiger partial charge in [0.15, 0.2) is 22.4 Å². The summed E-state index contributed by atoms with van der Waals surface area (Å²) in [6, 6.07) is 13.2. The van der Waals surface area contributed by atoms with Crippen LogP contribution in [0.4, 0.5) is 5.13 Å². The number of Topliss-reactive ketones (excluding diaryl/α,β-unsaturated/α-hetero) is 1. The van der Waals surface area contributed by atoms with E-state index in [0.29, 0.717) is 36.7 Å². The fourth-order valence-corrected chi connectivity index (χ4v) is 5.14. The van der Waals surface area contributed by atoms with Gasteiger partial charge in [0.25, 0.3) is 0 Å². The lowest BCUT2D eigenvalue weighted by Gasteiger charge is -2.24. The van der Waals surface area contributed by atoms with E-state index < -0.39 is 29.4 Å². The van der Waals surface area contributed by atoms with Crippen molar-refractivity contribution in [1.29, 1.82) is 0 Å². The molecule has 3 N–H and O–H groups in total. The van der Waals surface area contributed by atoms with Crippen LogP contribution in [-0.2, 0) is 4.79 Å². The Labute approximate surface area is 221 Å². The fraction of sp³-hybridized carbons (Fsp3) is 0.259. The number of benzene rings is 2. The number of aromatic hydroxyl groups is 1. The summed E-state index contributed by atoms with van der Waals surface area (Å²) in [4.78, 5) is 45.8. The van der Waals surface area contributed by atoms with Crippen LogP contribution in [0.25, 0.3) is 11.3 Å². The van der Waals surface area contributed by atoms with Crippen molar-refractivity contribution in [3.8, 4) is 28.6 Å². The second-order valence-corrected chi connectivity index (χ2v) is 9.66. The van der Waals surface area contributed by atoms with Crippen LogP contribution < -0.4 is 20.5 Å². The van der Waals surface area contributed by atoms with E-state index in [9.17, 15) is 19.5 Å². The topological polar surface area (TPSA) is 136 Å². The maximum Gasteiger partial charge on any atom is 0.329 e. The van der Waals surface area contributed by atoms with E-state index in [1.165, 1.54) is 0 Å². The number of anilines is 1. The Hall–Kier alpha value is -4.38. The molecule has 2 aromatic carbocycles. The van der Waals surface area contributed by atoms with E-state index in [0.717, 1.165) is 21.5 Å². The zero-order valence-electron chi connectivity index (χ0n) is 20.8. The molecule has 0 saturated carbocycles. The molecule has 1 amide bonds. The van der Waals surface area contributed by atoms with E-state index in [1.54, 1.807) is 37.4 Å². The molecule has 4 aromatic rings. The first-order chi connectivity index (χ1) is 18.4. The van der Waals surface area contributed by atoms with Crippen LogP contribution in [0.1, 0.15) is 48.3 Å². The number of nitrogens with zero attached hydrogens (tertiary/aromatic N) is 2. The second-order valence-electron chi connectivity index (χ2n) is 8.81. The molecule has 0 saturated heterocycles. The number of rotatable bonds is 8. The number of ketones is 1. The SMILES string of the molecule is CCC(=O)c1csc(NC(=O)[C@H]([C@@H](C)c2ccccc2)n2c(O)c(-c3ccc4c(c3)OCCO4)[nH]c2=O)n1. The molecule has 0 unspecified atom stereocenters. The number of imidazole rings is 1. The van der Waals surface area contributed by atoms with E-state index in [-0.39, 0.29) is 22.3 Å². The van der Waals surface area contributed by atoms with Crippen LogP contribution in [0.2, 0.25) is 0 Å². The highest BCUT2D eigenvalue weighted by atomic mass is 32.1. The lowest BCUT2D eigenvalue weighted by Crippen LogP contribution is -2.35. The van der Waals surface area contributed by atoms with Gasteiger partial charge in [-0.1, -0.05) is 44.2 Å². The largest absolute Gasteiger partial charge is 0.493 e. The average molecular weight is 535 g/mol. The van der Waals surface area contributed by atoms with Crippen molar-refractivity contribution in [1.82, 2.24) is 14.5 Å². The number of hydrogen-bond donors (Lipinski definition) is 3. The van der Waals surface area contributed by atoms with Crippen LogP contribution in [-0.4, -0.2) is 44.5 Å². The Morgan fingerprint density at radius 2 is 1.89 bits per heavy atom. The highest BCUT2D eigenvalue weighted by Crippen LogP contribution is 2.39. The van der Waals surface area contributed by atoms with Crippen molar-refractivity contribution < 1.29 is 24.2 Å². The van der Waals surface area contributed by atoms with Crippen molar-refractivity contribution in [2.45, 2.75) is 32.2 Å². The third-order valence-electron chi connectivity index (χ3n) is 6.42. The number of carbonyl (C=O) groups excluding carboxylic acids is 2. The van der Waals surface area contributed by atoms with Crippen molar-refractivity contribution in [2.75, 3.05) is 18.5 Å². The molecule has 0 fully saturated rings. The summed E-state index contributed by atoms with van der Waals surface area (Å²) in [6.07, 6.45) is 0.292. The quantitative estimate of drug-likeness (QED) is 0.286. The van der Waals surface area contributed by atoms with Crippen LogP contribution in [0.3, 0.4) is 0 Å². The van der Waals surface area contributed by atoms with Gasteiger partial charge in [0.1, 0.15) is 30.6 Å². The first kappa shape index (κ1) is 25.3. The Bertz CT molecular complexity index is 1540. The fourth-order valence-electron chi connectivity index (χ4n) is 4.42. The number of aromatic amines is 1. The van der Waals surface area contributed by atoms with Gasteiger partial charge >= 0.3 is 5.69 Å². The van der Waals surface area contributed by atoms with Gasteiger partial charge in [0, 0.05) is 23.3 Å². The highest BCUT2D eigenvalue weighted by Gasteiger charge is 2.34. The van der Waals surface area contributed by atoms with Gasteiger partial charge in [-0.3, -0.25) is 9.59 Å². The highest BCUT2D eigenvalue weighted by molar-refractivity contribution is 7.14. The van der Waals surface area contributed by atoms with Crippen molar-refractivity contribution >= 4 is 28.2 Å². The Kier molecular flexibility index (Phi) is 7.01. The first-order valence-electron chi connectivity index (χ1n) is 12.2. The zero-order chi connectivity index (χ0) is 26.8. The maximum atomic E-state index is 13.7. The molecule has 0 bridgehead atoms. The number of carbonyl (C=O) groups is 2. The minimum Gasteiger partial charge on any atom is -0.493 e. The number of H-pyrrole nitrogens is 1. The van der Waals surface area contributed by atoms with Crippen LogP contribution in [0.5, 0.6) is 17.4 Å². The molecule has 11 heteroatoms. The molecule has 3 heterocycles. The molecular weight excluding hydrogens is 508 g/mol. The van der Waals surface area contributed by atoms with Gasteiger partial charge in [0.05, 0.1) is 0 Å². The molecular formula is C27H26N4O6S. The summed E-state index contributed by atoms with van der Waals surface area (Å²) in [5, 5.41) is 15.8. The maximum absolute atomic E-state index is 13.7. The van der Waals surface area contributed by atoms with Gasteiger partial charge < -0.3 is 24.9 Å². The zero-order valence-corrected chi connectivity index (χ0v) is 21.6. The molecule has 196 valence electrons. The summed E-state index contributed by atoms with van der Waals surface area (Å²) < 4.78 is 12.2. The molecule has 1 aliphatic heterocycles. The van der Waals surface area contributed by atoms with Gasteiger partial charge in [0.2, 0.25) is 11.8 Å². The summed E-state index contributed by atoms with van der Waals surface area (Å²) in [6.45, 7) is 4.36. The number of hydrogen-bond acceptors (Lipinski definition) is 8. The van der Waals surface area contributed by atoms with E-state index in [4.69, 9.17) is 9.47 Å². The summed E-state index contributed by atoms with van der Waals surface area (Å²) >= 11 is 1.12. The predicted molar refractivity (Wildman–Crippen MR) is 142 cm³/mol. The molecule has 0 radical (unpaired) electrons. The molecule has 1 aliphatic rings. The van der Waals surface area contributed by atoms with Gasteiger partial charge in [-0.2, -0.15) is 0 Å². The standard InChI is InChI=1S/C27H26N4O6S/c1-3-19(32)18-14-38-26(28-18)30-24(33)23(15(2)16-7-5-4-6-8-16)31-25(34)22(29-27(31)35)17-9-10-20-21(13-17)37-12-11-36-20/h4-10,13-15,23,34H,3,11-12H2,1-2H3,(H,29,35)(H,28,30,33)/t15-,23-/m0/s1. The van der Waals surface area contributed by atoms with Crippen molar-refractivity contribution in [3.05, 3.63) is 75.7 Å². The molecule has 0 spiro atoms. The first-order valence-corrected chi connectivity index (χ1v) is 13.0. The third kappa shape index (κ3) is 4.80. The molecule has 2 atom stereocenters. The number of amides is 1. The lowest BCUT2D eigenvalue weighted by molar-refractivity contribution is -0.120. The minimum atomic E-state index is -1.14. The second kappa shape index (κ2) is 10.5. The van der Waals surface area contributed by atoms with Gasteiger partial charge in [-0.05, 0) is 23.8 Å². The molecule has 0 aliphatic carbocycles. The summed E-state index contributed by atoms with van der Waals surface area (Å²) in [7, 11) is 0. The normalized spacial score (nSPS) is 14.1. The van der Waals surface area contributed by atoms with Crippen LogP contribution in [0, 0.1) is 0 Å². The van der Waals surface area contributed by atoms with Crippen molar-refractivity contribution in [2.24, 2.45) is 0 Å². The predicted octanol–water partition coefficient (Wildman–Crippen LogP) is 4.35. The Balaban J connectivity index is 1.54. The molecule has 2 aromatic heterocycles. The minimum absolute atomic E-state index is 0.139. The molecule has 10 nitrogen and oxygen atoms in total. The van der Waals surface area contributed by atoms with Gasteiger partial charge in [-0.15, -0.1) is 11.3 Å². The third-order valence-corrected chi connectivity index (χ3v) is 7.18. The van der Waals surface area contributed by atoms with Crippen LogP contribution >= 0.6 is 11.3 Å². The van der Waals surface area contributed by atoms with E-state index in [1.807, 2.05) is 30.3 Å². The smallest absolute Gasteiger partial charge is 0.329 e. The van der Waals surface area contributed by atoms with Gasteiger partial charge in [-0.25, -0.2) is 14.3 Å². The number of nitrogens with one attached hydrogen (secondary N) is 2. The van der Waals surface area contributed by atoms with E-state index >= 15 is 0 Å². The number of aromatic nitrogens is 3. The number of ether oxygens (including phenoxy) is 2. The van der Waals surface area contributed by atoms with Crippen LogP contribution in [0.15, 0.2) is 58.7 Å². The Morgan fingerprint density at radius 1 is 1.16 bits per heavy atom. The Morgan fingerprint density at radius 3 is 2.63 bits per heavy atom. The monoisotopic (exact) mass is 534 g/mol. The summed E-state index contributed by atoms with van der Waals surface area (Å²) in [5.74, 6) is -0.539. The average Bonchev–Trinajstić information content (AvgIpc) is 3.52. The molecule has 5 rings (SSSR count). The van der Waals surface area contributed by atoms with Crippen molar-refractivity contribution in [3.63, 3.8) is 0 Å². The lowest BCUT2D eigenvalue weighted by atomic mass is 9.92. The number of thiazole rings is 1. The number of fused-ring (bicyclic) bond motifs is 1.